The lowest BCUT2D eigenvalue weighted by Gasteiger charge is -2.20. The first-order valence-electron chi connectivity index (χ1n) is 8.40. The maximum atomic E-state index is 12.2. The molecule has 0 fully saturated rings. The molecular formula is C21H26ClNO. The average molecular weight is 344 g/mol. The minimum atomic E-state index is -0.00207. The molecule has 2 nitrogen and oxygen atoms in total. The Morgan fingerprint density at radius 1 is 1.08 bits per heavy atom. The number of carbonyl (C=O) groups excluding carboxylic acids is 1. The molecular weight excluding hydrogens is 318 g/mol. The molecule has 0 aliphatic heterocycles. The van der Waals surface area contributed by atoms with E-state index in [2.05, 4.69) is 50.4 Å². The molecule has 24 heavy (non-hydrogen) atoms. The predicted molar refractivity (Wildman–Crippen MR) is 101 cm³/mol. The molecule has 3 heteroatoms. The van der Waals surface area contributed by atoms with Crippen molar-refractivity contribution in [1.82, 2.24) is 5.32 Å². The van der Waals surface area contributed by atoms with Gasteiger partial charge in [0, 0.05) is 11.4 Å². The highest BCUT2D eigenvalue weighted by atomic mass is 35.5. The van der Waals surface area contributed by atoms with Crippen molar-refractivity contribution in [1.29, 1.82) is 0 Å². The van der Waals surface area contributed by atoms with Crippen molar-refractivity contribution < 1.29 is 4.79 Å². The van der Waals surface area contributed by atoms with E-state index >= 15 is 0 Å². The van der Waals surface area contributed by atoms with Crippen molar-refractivity contribution in [3.8, 4) is 0 Å². The average Bonchev–Trinajstić information content (AvgIpc) is 2.53. The van der Waals surface area contributed by atoms with Gasteiger partial charge < -0.3 is 5.32 Å². The Bertz CT molecular complexity index is 686. The fourth-order valence-corrected chi connectivity index (χ4v) is 2.85. The summed E-state index contributed by atoms with van der Waals surface area (Å²) in [6, 6.07) is 16.1. The summed E-state index contributed by atoms with van der Waals surface area (Å²) in [5.74, 6) is 0.0438. The summed E-state index contributed by atoms with van der Waals surface area (Å²) in [5.41, 5.74) is 3.56. The molecule has 0 heterocycles. The third-order valence-corrected chi connectivity index (χ3v) is 4.60. The van der Waals surface area contributed by atoms with Crippen molar-refractivity contribution in [2.24, 2.45) is 0 Å². The van der Waals surface area contributed by atoms with Crippen LogP contribution in [0.25, 0.3) is 0 Å². The lowest BCUT2D eigenvalue weighted by Crippen LogP contribution is -2.27. The SMILES string of the molecule is CC(NC(=O)CCc1ccccc1Cl)c1ccc(C(C)(C)C)cc1. The van der Waals surface area contributed by atoms with Crippen LogP contribution in [-0.2, 0) is 16.6 Å². The van der Waals surface area contributed by atoms with E-state index in [9.17, 15) is 4.79 Å². The van der Waals surface area contributed by atoms with Crippen molar-refractivity contribution >= 4 is 17.5 Å². The van der Waals surface area contributed by atoms with Gasteiger partial charge in [0.05, 0.1) is 6.04 Å². The van der Waals surface area contributed by atoms with E-state index in [0.717, 1.165) is 16.1 Å². The first-order chi connectivity index (χ1) is 11.3. The fraction of sp³-hybridized carbons (Fsp3) is 0.381. The maximum Gasteiger partial charge on any atom is 0.220 e. The van der Waals surface area contributed by atoms with E-state index in [1.807, 2.05) is 31.2 Å². The molecule has 1 atom stereocenters. The van der Waals surface area contributed by atoms with Crippen molar-refractivity contribution in [2.75, 3.05) is 0 Å². The van der Waals surface area contributed by atoms with Gasteiger partial charge in [0.2, 0.25) is 5.91 Å². The largest absolute Gasteiger partial charge is 0.350 e. The van der Waals surface area contributed by atoms with Crippen LogP contribution in [-0.4, -0.2) is 5.91 Å². The van der Waals surface area contributed by atoms with Crippen molar-refractivity contribution in [2.45, 2.75) is 52.0 Å². The number of benzene rings is 2. The second-order valence-electron chi connectivity index (χ2n) is 7.25. The minimum Gasteiger partial charge on any atom is -0.350 e. The predicted octanol–water partition coefficient (Wildman–Crippen LogP) is 5.45. The Hall–Kier alpha value is -1.80. The van der Waals surface area contributed by atoms with Gasteiger partial charge in [-0.15, -0.1) is 0 Å². The Labute approximate surface area is 150 Å². The third kappa shape index (κ3) is 5.10. The maximum absolute atomic E-state index is 12.2. The van der Waals surface area contributed by atoms with Crippen LogP contribution in [0.2, 0.25) is 5.02 Å². The van der Waals surface area contributed by atoms with Crippen molar-refractivity contribution in [3.63, 3.8) is 0 Å². The first-order valence-corrected chi connectivity index (χ1v) is 8.78. The lowest BCUT2D eigenvalue weighted by molar-refractivity contribution is -0.121. The van der Waals surface area contributed by atoms with Gasteiger partial charge >= 0.3 is 0 Å². The van der Waals surface area contributed by atoms with Crippen LogP contribution in [0, 0.1) is 0 Å². The summed E-state index contributed by atoms with van der Waals surface area (Å²) in [4.78, 5) is 12.2. The number of nitrogens with one attached hydrogen (secondary N) is 1. The molecule has 2 aromatic carbocycles. The summed E-state index contributed by atoms with van der Waals surface area (Å²) < 4.78 is 0. The van der Waals surface area contributed by atoms with Gasteiger partial charge in [-0.25, -0.2) is 0 Å². The molecule has 0 spiro atoms. The minimum absolute atomic E-state index is 0.00207. The molecule has 1 N–H and O–H groups in total. The first kappa shape index (κ1) is 18.5. The van der Waals surface area contributed by atoms with Crippen LogP contribution in [0.1, 0.15) is 56.8 Å². The van der Waals surface area contributed by atoms with E-state index in [-0.39, 0.29) is 17.4 Å². The van der Waals surface area contributed by atoms with Gasteiger partial charge in [0.25, 0.3) is 0 Å². The monoisotopic (exact) mass is 343 g/mol. The van der Waals surface area contributed by atoms with Crippen LogP contribution >= 0.6 is 11.6 Å². The summed E-state index contributed by atoms with van der Waals surface area (Å²) in [6.45, 7) is 8.60. The third-order valence-electron chi connectivity index (χ3n) is 4.23. The van der Waals surface area contributed by atoms with Gasteiger partial charge in [-0.3, -0.25) is 4.79 Å². The second-order valence-corrected chi connectivity index (χ2v) is 7.66. The number of halogens is 1. The molecule has 1 unspecified atom stereocenters. The van der Waals surface area contributed by atoms with Crippen LogP contribution in [0.15, 0.2) is 48.5 Å². The molecule has 0 aliphatic rings. The zero-order valence-corrected chi connectivity index (χ0v) is 15.7. The zero-order valence-electron chi connectivity index (χ0n) is 14.9. The number of hydrogen-bond donors (Lipinski definition) is 1. The quantitative estimate of drug-likeness (QED) is 0.768. The summed E-state index contributed by atoms with van der Waals surface area (Å²) in [6.07, 6.45) is 1.09. The molecule has 0 bridgehead atoms. The number of amides is 1. The Balaban J connectivity index is 1.90. The highest BCUT2D eigenvalue weighted by Gasteiger charge is 2.15. The fourth-order valence-electron chi connectivity index (χ4n) is 2.62. The molecule has 2 rings (SSSR count). The number of carbonyl (C=O) groups is 1. The number of aryl methyl sites for hydroxylation is 1. The summed E-state index contributed by atoms with van der Waals surface area (Å²) >= 11 is 6.13. The topological polar surface area (TPSA) is 29.1 Å². The molecule has 0 radical (unpaired) electrons. The second kappa shape index (κ2) is 7.85. The highest BCUT2D eigenvalue weighted by molar-refractivity contribution is 6.31. The summed E-state index contributed by atoms with van der Waals surface area (Å²) in [5, 5.41) is 3.78. The number of hydrogen-bond acceptors (Lipinski definition) is 1. The van der Waals surface area contributed by atoms with E-state index in [1.54, 1.807) is 0 Å². The van der Waals surface area contributed by atoms with Crippen LogP contribution in [0.5, 0.6) is 0 Å². The smallest absolute Gasteiger partial charge is 0.220 e. The molecule has 0 aromatic heterocycles. The van der Waals surface area contributed by atoms with Gasteiger partial charge in [-0.05, 0) is 41.5 Å². The molecule has 2 aromatic rings. The van der Waals surface area contributed by atoms with Crippen LogP contribution in [0.4, 0.5) is 0 Å². The van der Waals surface area contributed by atoms with E-state index in [4.69, 9.17) is 11.6 Å². The molecule has 0 saturated carbocycles. The Morgan fingerprint density at radius 2 is 1.71 bits per heavy atom. The lowest BCUT2D eigenvalue weighted by atomic mass is 9.86. The van der Waals surface area contributed by atoms with Crippen LogP contribution in [0.3, 0.4) is 0 Å². The van der Waals surface area contributed by atoms with E-state index in [0.29, 0.717) is 12.8 Å². The molecule has 0 aliphatic carbocycles. The van der Waals surface area contributed by atoms with Crippen LogP contribution < -0.4 is 5.32 Å². The van der Waals surface area contributed by atoms with Gasteiger partial charge in [-0.1, -0.05) is 74.8 Å². The van der Waals surface area contributed by atoms with Gasteiger partial charge in [-0.2, -0.15) is 0 Å². The molecule has 0 saturated heterocycles. The Morgan fingerprint density at radius 3 is 2.29 bits per heavy atom. The van der Waals surface area contributed by atoms with Gasteiger partial charge in [0.15, 0.2) is 0 Å². The zero-order chi connectivity index (χ0) is 17.7. The normalized spacial score (nSPS) is 12.7. The summed E-state index contributed by atoms with van der Waals surface area (Å²) in [7, 11) is 0. The van der Waals surface area contributed by atoms with Crippen molar-refractivity contribution in [3.05, 3.63) is 70.2 Å². The van der Waals surface area contributed by atoms with E-state index in [1.165, 1.54) is 5.56 Å². The highest BCUT2D eigenvalue weighted by Crippen LogP contribution is 2.24. The van der Waals surface area contributed by atoms with Gasteiger partial charge in [0.1, 0.15) is 0 Å². The standard InChI is InChI=1S/C21H26ClNO/c1-15(16-9-12-18(13-10-16)21(2,3)4)23-20(24)14-11-17-7-5-6-8-19(17)22/h5-10,12-13,15H,11,14H2,1-4H3,(H,23,24). The number of rotatable bonds is 5. The molecule has 128 valence electrons. The molecule has 1 amide bonds. The van der Waals surface area contributed by atoms with E-state index < -0.39 is 0 Å². The Kier molecular flexibility index (Phi) is 6.06.